The monoisotopic (exact) mass is 306 g/mol. The number of rotatable bonds is 6. The third kappa shape index (κ3) is 5.13. The van der Waals surface area contributed by atoms with Crippen molar-refractivity contribution in [3.8, 4) is 12.3 Å². The van der Waals surface area contributed by atoms with Crippen LogP contribution in [-0.2, 0) is 20.9 Å². The number of nitrogens with zero attached hydrogens (tertiary/aromatic N) is 2. The van der Waals surface area contributed by atoms with Gasteiger partial charge in [-0.25, -0.2) is 4.79 Å². The van der Waals surface area contributed by atoms with Gasteiger partial charge in [-0.15, -0.1) is 6.42 Å². The quantitative estimate of drug-likeness (QED) is 0.340. The lowest BCUT2D eigenvalue weighted by Crippen LogP contribution is -2.36. The minimum absolute atomic E-state index is 0.0604. The number of hydrogen-bond acceptors (Lipinski definition) is 6. The van der Waals surface area contributed by atoms with Gasteiger partial charge in [0.2, 0.25) is 0 Å². The smallest absolute Gasteiger partial charge is 0.411 e. The molecule has 0 N–H and O–H groups in total. The summed E-state index contributed by atoms with van der Waals surface area (Å²) in [5, 5.41) is 10.5. The van der Waals surface area contributed by atoms with Crippen LogP contribution in [0.25, 0.3) is 0 Å². The highest BCUT2D eigenvalue weighted by Crippen LogP contribution is 2.12. The van der Waals surface area contributed by atoms with E-state index < -0.39 is 17.0 Å². The first kappa shape index (κ1) is 17.0. The molecule has 0 heterocycles. The van der Waals surface area contributed by atoms with Gasteiger partial charge in [0.1, 0.15) is 13.2 Å². The van der Waals surface area contributed by atoms with Crippen LogP contribution in [0.3, 0.4) is 0 Å². The second kappa shape index (κ2) is 8.26. The van der Waals surface area contributed by atoms with E-state index in [0.717, 1.165) is 4.90 Å². The normalized spacial score (nSPS) is 9.45. The Hall–Kier alpha value is -3.08. The summed E-state index contributed by atoms with van der Waals surface area (Å²) in [5.74, 6) is 1.62. The van der Waals surface area contributed by atoms with Crippen LogP contribution in [0, 0.1) is 22.5 Å². The van der Waals surface area contributed by atoms with Crippen LogP contribution in [0.4, 0.5) is 10.5 Å². The highest BCUT2D eigenvalue weighted by atomic mass is 16.6. The van der Waals surface area contributed by atoms with E-state index in [1.165, 1.54) is 31.4 Å². The molecule has 0 atom stereocenters. The van der Waals surface area contributed by atoms with Gasteiger partial charge < -0.3 is 9.47 Å². The highest BCUT2D eigenvalue weighted by Gasteiger charge is 2.18. The molecule has 0 bridgehead atoms. The maximum absolute atomic E-state index is 11.8. The lowest BCUT2D eigenvalue weighted by molar-refractivity contribution is -0.384. The first-order valence-electron chi connectivity index (χ1n) is 6.13. The summed E-state index contributed by atoms with van der Waals surface area (Å²) in [6.07, 6.45) is 4.35. The van der Waals surface area contributed by atoms with E-state index in [0.29, 0.717) is 5.56 Å². The van der Waals surface area contributed by atoms with Gasteiger partial charge in [-0.1, -0.05) is 5.92 Å². The van der Waals surface area contributed by atoms with Gasteiger partial charge in [0.05, 0.1) is 18.6 Å². The Morgan fingerprint density at radius 2 is 2.00 bits per heavy atom. The summed E-state index contributed by atoms with van der Waals surface area (Å²) in [7, 11) is 1.19. The van der Waals surface area contributed by atoms with E-state index in [4.69, 9.17) is 11.2 Å². The molecule has 1 aromatic rings. The first-order valence-corrected chi connectivity index (χ1v) is 6.13. The molecular formula is C14H14N2O6. The molecule has 22 heavy (non-hydrogen) atoms. The van der Waals surface area contributed by atoms with E-state index in [2.05, 4.69) is 10.7 Å². The van der Waals surface area contributed by atoms with E-state index in [1.54, 1.807) is 0 Å². The van der Waals surface area contributed by atoms with Crippen molar-refractivity contribution >= 4 is 17.7 Å². The third-order valence-corrected chi connectivity index (χ3v) is 2.60. The third-order valence-electron chi connectivity index (χ3n) is 2.60. The zero-order valence-electron chi connectivity index (χ0n) is 11.9. The number of non-ortho nitro benzene ring substituents is 1. The molecule has 8 nitrogen and oxygen atoms in total. The second-order valence-electron chi connectivity index (χ2n) is 4.11. The van der Waals surface area contributed by atoms with E-state index >= 15 is 0 Å². The SMILES string of the molecule is C#CCN(CC(=O)OC)C(=O)OCc1ccc([N+](=O)[O-])cc1. The number of ether oxygens (including phenoxy) is 2. The molecule has 0 saturated carbocycles. The fourth-order valence-electron chi connectivity index (χ4n) is 1.47. The predicted molar refractivity (Wildman–Crippen MR) is 75.7 cm³/mol. The lowest BCUT2D eigenvalue weighted by atomic mass is 10.2. The fraction of sp³-hybridized carbons (Fsp3) is 0.286. The number of methoxy groups -OCH3 is 1. The van der Waals surface area contributed by atoms with E-state index in [-0.39, 0.29) is 25.4 Å². The molecule has 0 aliphatic heterocycles. The minimum Gasteiger partial charge on any atom is -0.468 e. The second-order valence-corrected chi connectivity index (χ2v) is 4.11. The zero-order chi connectivity index (χ0) is 16.5. The molecule has 1 aromatic carbocycles. The van der Waals surface area contributed by atoms with Crippen molar-refractivity contribution in [2.75, 3.05) is 20.2 Å². The van der Waals surface area contributed by atoms with Crippen LogP contribution in [0.2, 0.25) is 0 Å². The Kier molecular flexibility index (Phi) is 6.37. The molecule has 0 aliphatic carbocycles. The molecule has 8 heteroatoms. The topological polar surface area (TPSA) is 99.0 Å². The number of carbonyl (C=O) groups is 2. The summed E-state index contributed by atoms with van der Waals surface area (Å²) in [5.41, 5.74) is 0.507. The van der Waals surface area contributed by atoms with Gasteiger partial charge in [0.25, 0.3) is 5.69 Å². The van der Waals surface area contributed by atoms with Crippen molar-refractivity contribution < 1.29 is 24.0 Å². The van der Waals surface area contributed by atoms with E-state index in [9.17, 15) is 19.7 Å². The number of benzene rings is 1. The van der Waals surface area contributed by atoms with Gasteiger partial charge in [0.15, 0.2) is 0 Å². The van der Waals surface area contributed by atoms with Crippen LogP contribution in [0.1, 0.15) is 5.56 Å². The minimum atomic E-state index is -0.776. The molecule has 116 valence electrons. The van der Waals surface area contributed by atoms with Gasteiger partial charge in [0, 0.05) is 12.1 Å². The van der Waals surface area contributed by atoms with Gasteiger partial charge in [-0.05, 0) is 17.7 Å². The largest absolute Gasteiger partial charge is 0.468 e. The molecule has 0 unspecified atom stereocenters. The van der Waals surface area contributed by atoms with Crippen molar-refractivity contribution in [2.24, 2.45) is 0 Å². The maximum atomic E-state index is 11.8. The fourth-order valence-corrected chi connectivity index (χ4v) is 1.47. The van der Waals surface area contributed by atoms with Crippen molar-refractivity contribution in [3.05, 3.63) is 39.9 Å². The van der Waals surface area contributed by atoms with Crippen LogP contribution in [0.15, 0.2) is 24.3 Å². The van der Waals surface area contributed by atoms with Crippen LogP contribution < -0.4 is 0 Å². The summed E-state index contributed by atoms with van der Waals surface area (Å²) in [6.45, 7) is -0.521. The van der Waals surface area contributed by atoms with Gasteiger partial charge in [-0.3, -0.25) is 19.8 Å². The Morgan fingerprint density at radius 1 is 1.36 bits per heavy atom. The molecular weight excluding hydrogens is 292 g/mol. The molecule has 1 amide bonds. The van der Waals surface area contributed by atoms with Crippen molar-refractivity contribution in [2.45, 2.75) is 6.61 Å². The highest BCUT2D eigenvalue weighted by molar-refractivity contribution is 5.78. The number of hydrogen-bond donors (Lipinski definition) is 0. The van der Waals surface area contributed by atoms with Crippen LogP contribution in [-0.4, -0.2) is 42.1 Å². The number of amides is 1. The lowest BCUT2D eigenvalue weighted by Gasteiger charge is -2.18. The average molecular weight is 306 g/mol. The van der Waals surface area contributed by atoms with Crippen molar-refractivity contribution in [1.29, 1.82) is 0 Å². The maximum Gasteiger partial charge on any atom is 0.411 e. The Balaban J connectivity index is 2.60. The van der Waals surface area contributed by atoms with Crippen molar-refractivity contribution in [1.82, 2.24) is 4.90 Å². The zero-order valence-corrected chi connectivity index (χ0v) is 11.9. The predicted octanol–water partition coefficient (Wildman–Crippen LogP) is 1.34. The number of carbonyl (C=O) groups excluding carboxylic acids is 2. The van der Waals surface area contributed by atoms with E-state index in [1.807, 2.05) is 0 Å². The molecule has 0 spiro atoms. The molecule has 1 rings (SSSR count). The molecule has 0 aromatic heterocycles. The first-order chi connectivity index (χ1) is 10.5. The average Bonchev–Trinajstić information content (AvgIpc) is 2.52. The molecule has 0 aliphatic rings. The van der Waals surface area contributed by atoms with Crippen LogP contribution >= 0.6 is 0 Å². The Morgan fingerprint density at radius 3 is 2.50 bits per heavy atom. The Labute approximate surface area is 126 Å². The van der Waals surface area contributed by atoms with Gasteiger partial charge in [-0.2, -0.15) is 0 Å². The number of terminal acetylenes is 1. The number of nitro groups is 1. The van der Waals surface area contributed by atoms with Gasteiger partial charge >= 0.3 is 12.1 Å². The number of nitro benzene ring substituents is 1. The summed E-state index contributed by atoms with van der Waals surface area (Å²) < 4.78 is 9.46. The molecule has 0 saturated heterocycles. The Bertz CT molecular complexity index is 590. The standard InChI is InChI=1S/C14H14N2O6/c1-3-8-15(9-13(17)21-2)14(18)22-10-11-4-6-12(7-5-11)16(19)20/h1,4-7H,8-10H2,2H3. The van der Waals surface area contributed by atoms with Crippen molar-refractivity contribution in [3.63, 3.8) is 0 Å². The molecule has 0 fully saturated rings. The number of esters is 1. The summed E-state index contributed by atoms with van der Waals surface area (Å²) in [6, 6.07) is 5.54. The summed E-state index contributed by atoms with van der Waals surface area (Å²) in [4.78, 5) is 34.0. The van der Waals surface area contributed by atoms with Crippen LogP contribution in [0.5, 0.6) is 0 Å². The molecule has 0 radical (unpaired) electrons. The summed E-state index contributed by atoms with van der Waals surface area (Å²) >= 11 is 0.